The van der Waals surface area contributed by atoms with E-state index in [2.05, 4.69) is 15.4 Å². The molecule has 8 nitrogen and oxygen atoms in total. The van der Waals surface area contributed by atoms with Gasteiger partial charge in [0, 0.05) is 32.0 Å². The molecule has 1 amide bonds. The molecule has 2 heterocycles. The molecule has 3 rings (SSSR count). The molecule has 2 N–H and O–H groups in total. The van der Waals surface area contributed by atoms with Crippen LogP contribution in [0.3, 0.4) is 0 Å². The van der Waals surface area contributed by atoms with Gasteiger partial charge in [0.1, 0.15) is 12.3 Å². The Balaban J connectivity index is 1.57. The Morgan fingerprint density at radius 3 is 2.63 bits per heavy atom. The van der Waals surface area contributed by atoms with Crippen LogP contribution in [-0.4, -0.2) is 53.5 Å². The maximum Gasteiger partial charge on any atom is 0.340 e. The molecular weight excluding hydrogens is 384 g/mol. The van der Waals surface area contributed by atoms with Crippen molar-refractivity contribution in [3.05, 3.63) is 70.8 Å². The molecule has 0 spiro atoms. The van der Waals surface area contributed by atoms with Crippen LogP contribution in [-0.2, 0) is 15.9 Å². The first-order valence-corrected chi connectivity index (χ1v) is 9.74. The van der Waals surface area contributed by atoms with Gasteiger partial charge in [-0.3, -0.25) is 4.79 Å². The van der Waals surface area contributed by atoms with Crippen LogP contribution >= 0.6 is 0 Å². The van der Waals surface area contributed by atoms with E-state index in [-0.39, 0.29) is 12.5 Å². The van der Waals surface area contributed by atoms with Gasteiger partial charge in [-0.15, -0.1) is 0 Å². The number of hydrogen-bond acceptors (Lipinski definition) is 5. The zero-order chi connectivity index (χ0) is 21.5. The molecule has 0 unspecified atom stereocenters. The summed E-state index contributed by atoms with van der Waals surface area (Å²) in [5.41, 5.74) is 3.78. The number of amides is 1. The number of carbonyl (C=O) groups is 2. The molecule has 2 aromatic heterocycles. The number of hydrogen-bond donors (Lipinski definition) is 2. The number of rotatable bonds is 9. The molecule has 0 bridgehead atoms. The Labute approximate surface area is 175 Å². The minimum Gasteiger partial charge on any atom is -0.460 e. The number of H-pyrrole nitrogens is 1. The summed E-state index contributed by atoms with van der Waals surface area (Å²) < 4.78 is 11.9. The maximum atomic E-state index is 12.6. The van der Waals surface area contributed by atoms with Crippen LogP contribution in [0.25, 0.3) is 5.69 Å². The number of methoxy groups -OCH3 is 1. The number of benzene rings is 1. The van der Waals surface area contributed by atoms with Crippen molar-refractivity contribution in [1.82, 2.24) is 20.1 Å². The van der Waals surface area contributed by atoms with E-state index < -0.39 is 5.97 Å². The maximum absolute atomic E-state index is 12.6. The fourth-order valence-corrected chi connectivity index (χ4v) is 3.19. The average Bonchev–Trinajstić information content (AvgIpc) is 3.33. The van der Waals surface area contributed by atoms with Crippen LogP contribution in [0.1, 0.15) is 37.8 Å². The largest absolute Gasteiger partial charge is 0.460 e. The third kappa shape index (κ3) is 4.96. The Morgan fingerprint density at radius 2 is 1.90 bits per heavy atom. The van der Waals surface area contributed by atoms with Gasteiger partial charge < -0.3 is 19.8 Å². The number of para-hydroxylation sites is 1. The SMILES string of the molecule is COCCOC(=O)c1c(C)[nH]c(C(=O)NCCc2ccn(-c3ccccc3)n2)c1C. The van der Waals surface area contributed by atoms with Gasteiger partial charge in [-0.2, -0.15) is 5.10 Å². The molecule has 0 aliphatic heterocycles. The summed E-state index contributed by atoms with van der Waals surface area (Å²) in [6.07, 6.45) is 2.49. The highest BCUT2D eigenvalue weighted by Gasteiger charge is 2.22. The Hall–Kier alpha value is -3.39. The van der Waals surface area contributed by atoms with Crippen molar-refractivity contribution < 1.29 is 19.1 Å². The summed E-state index contributed by atoms with van der Waals surface area (Å²) in [7, 11) is 1.54. The molecule has 1 aromatic carbocycles. The van der Waals surface area contributed by atoms with Gasteiger partial charge in [-0.1, -0.05) is 18.2 Å². The van der Waals surface area contributed by atoms with Crippen LogP contribution < -0.4 is 5.32 Å². The van der Waals surface area contributed by atoms with Crippen LogP contribution in [0, 0.1) is 13.8 Å². The third-order valence-corrected chi connectivity index (χ3v) is 4.72. The topological polar surface area (TPSA) is 98.2 Å². The van der Waals surface area contributed by atoms with Crippen molar-refractivity contribution in [2.45, 2.75) is 20.3 Å². The second-order valence-electron chi connectivity index (χ2n) is 6.85. The second-order valence-corrected chi connectivity index (χ2v) is 6.85. The number of carbonyl (C=O) groups excluding carboxylic acids is 2. The first kappa shape index (κ1) is 21.3. The lowest BCUT2D eigenvalue weighted by Gasteiger charge is -2.06. The number of nitrogens with zero attached hydrogens (tertiary/aromatic N) is 2. The van der Waals surface area contributed by atoms with Crippen LogP contribution in [0.4, 0.5) is 0 Å². The van der Waals surface area contributed by atoms with Gasteiger partial charge in [0.15, 0.2) is 0 Å². The molecule has 8 heteroatoms. The summed E-state index contributed by atoms with van der Waals surface area (Å²) in [4.78, 5) is 27.9. The first-order chi connectivity index (χ1) is 14.5. The van der Waals surface area contributed by atoms with Crippen LogP contribution in [0.5, 0.6) is 0 Å². The molecule has 0 aliphatic carbocycles. The van der Waals surface area contributed by atoms with Gasteiger partial charge in [-0.25, -0.2) is 9.48 Å². The number of aryl methyl sites for hydroxylation is 1. The second kappa shape index (κ2) is 9.89. The molecule has 0 fully saturated rings. The number of esters is 1. The first-order valence-electron chi connectivity index (χ1n) is 9.74. The summed E-state index contributed by atoms with van der Waals surface area (Å²) in [5.74, 6) is -0.738. The highest BCUT2D eigenvalue weighted by atomic mass is 16.6. The third-order valence-electron chi connectivity index (χ3n) is 4.72. The van der Waals surface area contributed by atoms with Gasteiger partial charge >= 0.3 is 5.97 Å². The number of aromatic amines is 1. The molecule has 0 aliphatic rings. The van der Waals surface area contributed by atoms with Gasteiger partial charge in [0.2, 0.25) is 0 Å². The highest BCUT2D eigenvalue weighted by molar-refractivity contribution is 6.00. The zero-order valence-electron chi connectivity index (χ0n) is 17.4. The predicted octanol–water partition coefficient (Wildman–Crippen LogP) is 2.59. The molecule has 0 saturated carbocycles. The van der Waals surface area contributed by atoms with E-state index in [4.69, 9.17) is 9.47 Å². The monoisotopic (exact) mass is 410 g/mol. The number of nitrogens with one attached hydrogen (secondary N) is 2. The molecule has 0 radical (unpaired) electrons. The lowest BCUT2D eigenvalue weighted by molar-refractivity contribution is 0.0387. The Kier molecular flexibility index (Phi) is 7.03. The van der Waals surface area contributed by atoms with E-state index in [1.807, 2.05) is 42.6 Å². The van der Waals surface area contributed by atoms with Crippen molar-refractivity contribution in [2.75, 3.05) is 26.9 Å². The minimum atomic E-state index is -0.469. The van der Waals surface area contributed by atoms with E-state index in [1.54, 1.807) is 18.5 Å². The summed E-state index contributed by atoms with van der Waals surface area (Å²) >= 11 is 0. The summed E-state index contributed by atoms with van der Waals surface area (Å²) in [6.45, 7) is 4.38. The van der Waals surface area contributed by atoms with Crippen molar-refractivity contribution >= 4 is 11.9 Å². The molecule has 158 valence electrons. The average molecular weight is 410 g/mol. The molecule has 30 heavy (non-hydrogen) atoms. The smallest absolute Gasteiger partial charge is 0.340 e. The zero-order valence-corrected chi connectivity index (χ0v) is 17.4. The highest BCUT2D eigenvalue weighted by Crippen LogP contribution is 2.19. The minimum absolute atomic E-state index is 0.163. The van der Waals surface area contributed by atoms with E-state index in [0.29, 0.717) is 42.1 Å². The fourth-order valence-electron chi connectivity index (χ4n) is 3.19. The Morgan fingerprint density at radius 1 is 1.13 bits per heavy atom. The summed E-state index contributed by atoms with van der Waals surface area (Å²) in [5, 5.41) is 7.41. The summed E-state index contributed by atoms with van der Waals surface area (Å²) in [6, 6.07) is 11.8. The van der Waals surface area contributed by atoms with Crippen molar-refractivity contribution in [3.63, 3.8) is 0 Å². The molecule has 0 atom stereocenters. The van der Waals surface area contributed by atoms with Crippen molar-refractivity contribution in [3.8, 4) is 5.69 Å². The van der Waals surface area contributed by atoms with Gasteiger partial charge in [-0.05, 0) is 37.6 Å². The Bertz CT molecular complexity index is 1010. The molecule has 3 aromatic rings. The van der Waals surface area contributed by atoms with Crippen molar-refractivity contribution in [1.29, 1.82) is 0 Å². The fraction of sp³-hybridized carbons (Fsp3) is 0.318. The van der Waals surface area contributed by atoms with Gasteiger partial charge in [0.25, 0.3) is 5.91 Å². The van der Waals surface area contributed by atoms with E-state index in [0.717, 1.165) is 11.4 Å². The normalized spacial score (nSPS) is 10.8. The van der Waals surface area contributed by atoms with Crippen LogP contribution in [0.15, 0.2) is 42.6 Å². The van der Waals surface area contributed by atoms with Crippen molar-refractivity contribution in [2.24, 2.45) is 0 Å². The predicted molar refractivity (Wildman–Crippen MR) is 112 cm³/mol. The molecular formula is C22H26N4O4. The number of aromatic nitrogens is 3. The van der Waals surface area contributed by atoms with Gasteiger partial charge in [0.05, 0.1) is 23.6 Å². The van der Waals surface area contributed by atoms with E-state index in [9.17, 15) is 9.59 Å². The lowest BCUT2D eigenvalue weighted by Crippen LogP contribution is -2.26. The van der Waals surface area contributed by atoms with E-state index >= 15 is 0 Å². The standard InChI is InChI=1S/C22H26N4O4/c1-15-19(22(28)30-14-13-29-3)16(2)24-20(15)21(27)23-11-9-17-10-12-26(25-17)18-7-5-4-6-8-18/h4-8,10,12,24H,9,11,13-14H2,1-3H3,(H,23,27). The van der Waals surface area contributed by atoms with Crippen LogP contribution in [0.2, 0.25) is 0 Å². The lowest BCUT2D eigenvalue weighted by atomic mass is 10.1. The number of ether oxygens (including phenoxy) is 2. The van der Waals surface area contributed by atoms with E-state index in [1.165, 1.54) is 7.11 Å². The quantitative estimate of drug-likeness (QED) is 0.417. The molecule has 0 saturated heterocycles.